The monoisotopic (exact) mass is 307 g/mol. The largest absolute Gasteiger partial charge is 0.417 e. The number of hydrogen-bond donors (Lipinski definition) is 0. The van der Waals surface area contributed by atoms with Crippen LogP contribution in [0.5, 0.6) is 0 Å². The summed E-state index contributed by atoms with van der Waals surface area (Å²) in [6.07, 6.45) is -4.55. The summed E-state index contributed by atoms with van der Waals surface area (Å²) in [5.74, 6) is -0.642. The maximum absolute atomic E-state index is 13.0. The summed E-state index contributed by atoms with van der Waals surface area (Å²) in [5.41, 5.74) is 0.664. The predicted octanol–water partition coefficient (Wildman–Crippen LogP) is 4.29. The molecular weight excluding hydrogens is 291 g/mol. The van der Waals surface area contributed by atoms with Crippen LogP contribution in [0.3, 0.4) is 0 Å². The minimum absolute atomic E-state index is 0.262. The average Bonchev–Trinajstić information content (AvgIpc) is 2.48. The van der Waals surface area contributed by atoms with Gasteiger partial charge in [0.05, 0.1) is 11.1 Å². The molecule has 0 radical (unpaired) electrons. The first-order valence-electron chi connectivity index (χ1n) is 6.77. The number of carbonyl (C=O) groups excluding carboxylic acids is 1. The van der Waals surface area contributed by atoms with Gasteiger partial charge in [-0.3, -0.25) is 4.79 Å². The lowest BCUT2D eigenvalue weighted by molar-refractivity contribution is -0.138. The van der Waals surface area contributed by atoms with Gasteiger partial charge in [-0.05, 0) is 30.2 Å². The third kappa shape index (κ3) is 3.47. The standard InChI is InChI=1S/C17H16F3NO/c1-12-7-3-4-8-13(12)11-21(2)16(22)14-9-5-6-10-15(14)17(18,19)20/h3-10H,11H2,1-2H3. The van der Waals surface area contributed by atoms with Gasteiger partial charge in [0.25, 0.3) is 5.91 Å². The number of benzene rings is 2. The van der Waals surface area contributed by atoms with E-state index in [1.165, 1.54) is 30.1 Å². The molecule has 0 aromatic heterocycles. The topological polar surface area (TPSA) is 20.3 Å². The van der Waals surface area contributed by atoms with Crippen molar-refractivity contribution < 1.29 is 18.0 Å². The van der Waals surface area contributed by atoms with E-state index in [9.17, 15) is 18.0 Å². The van der Waals surface area contributed by atoms with Gasteiger partial charge in [-0.15, -0.1) is 0 Å². The van der Waals surface area contributed by atoms with Gasteiger partial charge in [0.1, 0.15) is 0 Å². The third-order valence-corrected chi connectivity index (χ3v) is 3.48. The van der Waals surface area contributed by atoms with Gasteiger partial charge in [-0.2, -0.15) is 13.2 Å². The number of halogens is 3. The smallest absolute Gasteiger partial charge is 0.337 e. The maximum atomic E-state index is 13.0. The molecule has 0 spiro atoms. The first-order chi connectivity index (χ1) is 10.3. The molecule has 5 heteroatoms. The van der Waals surface area contributed by atoms with E-state index in [2.05, 4.69) is 0 Å². The first-order valence-corrected chi connectivity index (χ1v) is 6.77. The minimum atomic E-state index is -4.55. The van der Waals surface area contributed by atoms with Crippen LogP contribution in [0.25, 0.3) is 0 Å². The second-order valence-corrected chi connectivity index (χ2v) is 5.13. The highest BCUT2D eigenvalue weighted by molar-refractivity contribution is 5.95. The Morgan fingerprint density at radius 1 is 1.05 bits per heavy atom. The molecule has 0 aliphatic rings. The summed E-state index contributed by atoms with van der Waals surface area (Å²) < 4.78 is 39.0. The summed E-state index contributed by atoms with van der Waals surface area (Å²) in [5, 5.41) is 0. The molecule has 2 aromatic rings. The number of nitrogens with zero attached hydrogens (tertiary/aromatic N) is 1. The van der Waals surface area contributed by atoms with Crippen LogP contribution in [0.1, 0.15) is 27.0 Å². The number of aryl methyl sites for hydroxylation is 1. The van der Waals surface area contributed by atoms with Crippen molar-refractivity contribution in [3.8, 4) is 0 Å². The van der Waals surface area contributed by atoms with Gasteiger partial charge in [-0.25, -0.2) is 0 Å². The molecule has 0 heterocycles. The van der Waals surface area contributed by atoms with Crippen LogP contribution < -0.4 is 0 Å². The van der Waals surface area contributed by atoms with E-state index < -0.39 is 17.6 Å². The molecule has 2 rings (SSSR count). The van der Waals surface area contributed by atoms with Gasteiger partial charge < -0.3 is 4.90 Å². The highest BCUT2D eigenvalue weighted by atomic mass is 19.4. The molecule has 0 atom stereocenters. The van der Waals surface area contributed by atoms with E-state index in [-0.39, 0.29) is 12.1 Å². The Bertz CT molecular complexity index is 680. The molecule has 116 valence electrons. The van der Waals surface area contributed by atoms with Crippen LogP contribution in [0.15, 0.2) is 48.5 Å². The van der Waals surface area contributed by atoms with Crippen molar-refractivity contribution in [2.24, 2.45) is 0 Å². The Hall–Kier alpha value is -2.30. The second kappa shape index (κ2) is 6.22. The van der Waals surface area contributed by atoms with Gasteiger partial charge in [0.2, 0.25) is 0 Å². The van der Waals surface area contributed by atoms with E-state index in [0.29, 0.717) is 0 Å². The molecule has 2 nitrogen and oxygen atoms in total. The van der Waals surface area contributed by atoms with Crippen molar-refractivity contribution in [1.29, 1.82) is 0 Å². The lowest BCUT2D eigenvalue weighted by Crippen LogP contribution is -2.28. The van der Waals surface area contributed by atoms with Crippen molar-refractivity contribution in [3.63, 3.8) is 0 Å². The fourth-order valence-corrected chi connectivity index (χ4v) is 2.24. The molecule has 0 bridgehead atoms. The van der Waals surface area contributed by atoms with Gasteiger partial charge in [-0.1, -0.05) is 36.4 Å². The molecule has 22 heavy (non-hydrogen) atoms. The Labute approximate surface area is 127 Å². The second-order valence-electron chi connectivity index (χ2n) is 5.13. The van der Waals surface area contributed by atoms with Crippen molar-refractivity contribution in [3.05, 3.63) is 70.8 Å². The molecule has 0 aliphatic carbocycles. The quantitative estimate of drug-likeness (QED) is 0.828. The summed E-state index contributed by atoms with van der Waals surface area (Å²) >= 11 is 0. The van der Waals surface area contributed by atoms with Crippen LogP contribution in [0, 0.1) is 6.92 Å². The SMILES string of the molecule is Cc1ccccc1CN(C)C(=O)c1ccccc1C(F)(F)F. The van der Waals surface area contributed by atoms with Gasteiger partial charge in [0.15, 0.2) is 0 Å². The normalized spacial score (nSPS) is 11.3. The number of carbonyl (C=O) groups is 1. The van der Waals surface area contributed by atoms with Gasteiger partial charge in [0, 0.05) is 13.6 Å². The number of alkyl halides is 3. The van der Waals surface area contributed by atoms with Crippen molar-refractivity contribution in [2.75, 3.05) is 7.05 Å². The molecule has 0 saturated heterocycles. The average molecular weight is 307 g/mol. The molecule has 2 aromatic carbocycles. The van der Waals surface area contributed by atoms with Crippen molar-refractivity contribution >= 4 is 5.91 Å². The third-order valence-electron chi connectivity index (χ3n) is 3.48. The van der Waals surface area contributed by atoms with E-state index in [0.717, 1.165) is 17.2 Å². The van der Waals surface area contributed by atoms with Crippen molar-refractivity contribution in [1.82, 2.24) is 4.90 Å². The molecule has 0 aliphatic heterocycles. The maximum Gasteiger partial charge on any atom is 0.417 e. The fraction of sp³-hybridized carbons (Fsp3) is 0.235. The highest BCUT2D eigenvalue weighted by Crippen LogP contribution is 2.32. The van der Waals surface area contributed by atoms with Gasteiger partial charge >= 0.3 is 6.18 Å². The fourth-order valence-electron chi connectivity index (χ4n) is 2.24. The van der Waals surface area contributed by atoms with E-state index in [1.54, 1.807) is 0 Å². The zero-order valence-corrected chi connectivity index (χ0v) is 12.3. The zero-order chi connectivity index (χ0) is 16.3. The zero-order valence-electron chi connectivity index (χ0n) is 12.3. The van der Waals surface area contributed by atoms with Crippen LogP contribution in [0.2, 0.25) is 0 Å². The minimum Gasteiger partial charge on any atom is -0.337 e. The van der Waals surface area contributed by atoms with E-state index >= 15 is 0 Å². The summed E-state index contributed by atoms with van der Waals surface area (Å²) in [6, 6.07) is 12.3. The summed E-state index contributed by atoms with van der Waals surface area (Å²) in [6.45, 7) is 2.16. The molecule has 0 N–H and O–H groups in total. The van der Waals surface area contributed by atoms with E-state index in [4.69, 9.17) is 0 Å². The van der Waals surface area contributed by atoms with Crippen LogP contribution in [0.4, 0.5) is 13.2 Å². The Morgan fingerprint density at radius 2 is 1.64 bits per heavy atom. The highest BCUT2D eigenvalue weighted by Gasteiger charge is 2.35. The molecular formula is C17H16F3NO. The first kappa shape index (κ1) is 16.1. The van der Waals surface area contributed by atoms with Crippen molar-refractivity contribution in [2.45, 2.75) is 19.6 Å². The lowest BCUT2D eigenvalue weighted by atomic mass is 10.0. The molecule has 1 amide bonds. The van der Waals surface area contributed by atoms with Crippen LogP contribution in [-0.2, 0) is 12.7 Å². The lowest BCUT2D eigenvalue weighted by Gasteiger charge is -2.20. The summed E-state index contributed by atoms with van der Waals surface area (Å²) in [7, 11) is 1.50. The molecule has 0 fully saturated rings. The Morgan fingerprint density at radius 3 is 2.27 bits per heavy atom. The Kier molecular flexibility index (Phi) is 4.54. The Balaban J connectivity index is 2.27. The number of hydrogen-bond acceptors (Lipinski definition) is 1. The summed E-state index contributed by atoms with van der Waals surface area (Å²) in [4.78, 5) is 13.7. The molecule has 0 unspecified atom stereocenters. The van der Waals surface area contributed by atoms with E-state index in [1.807, 2.05) is 31.2 Å². The number of amides is 1. The number of rotatable bonds is 3. The van der Waals surface area contributed by atoms with Crippen LogP contribution in [-0.4, -0.2) is 17.9 Å². The molecule has 0 saturated carbocycles. The predicted molar refractivity (Wildman–Crippen MR) is 78.4 cm³/mol. The van der Waals surface area contributed by atoms with Crippen LogP contribution >= 0.6 is 0 Å².